The minimum Gasteiger partial charge on any atom is -0.461 e. The van der Waals surface area contributed by atoms with Gasteiger partial charge in [0, 0.05) is 17.5 Å². The molecule has 0 aliphatic carbocycles. The highest BCUT2D eigenvalue weighted by Gasteiger charge is 2.29. The number of hydrogen-bond acceptors (Lipinski definition) is 10. The van der Waals surface area contributed by atoms with Crippen LogP contribution in [-0.2, 0) is 55.1 Å². The number of aliphatic hydroxyl groups excluding tert-OH is 2. The Bertz CT molecular complexity index is 1900. The minimum atomic E-state index is -0.450. The van der Waals surface area contributed by atoms with E-state index in [0.29, 0.717) is 18.7 Å². The van der Waals surface area contributed by atoms with Gasteiger partial charge in [-0.1, -0.05) is 42.5 Å². The second-order valence-electron chi connectivity index (χ2n) is 10.8. The molecule has 0 saturated heterocycles. The molecule has 5 aromatic rings. The summed E-state index contributed by atoms with van der Waals surface area (Å²) in [6.07, 6.45) is 3.54. The topological polar surface area (TPSA) is 163 Å². The van der Waals surface area contributed by atoms with Gasteiger partial charge in [0.25, 0.3) is 0 Å². The number of rotatable bonds is 6. The lowest BCUT2D eigenvalue weighted by molar-refractivity contribution is -0.119. The SMILES string of the molecule is CCOC(=O)c1ncn2c1Cn1nnc(CC)c1-c1cc(CO)ccc1-2.CCc1nnn2c1-c1cc(CO)ccc1CC(=O)C2. The third kappa shape index (κ3) is 5.44. The molecule has 13 heteroatoms. The highest BCUT2D eigenvalue weighted by molar-refractivity contribution is 5.89. The summed E-state index contributed by atoms with van der Waals surface area (Å²) in [5.41, 5.74) is 9.94. The van der Waals surface area contributed by atoms with Gasteiger partial charge in [-0.25, -0.2) is 19.1 Å². The molecule has 45 heavy (non-hydrogen) atoms. The van der Waals surface area contributed by atoms with Crippen LogP contribution in [0.5, 0.6) is 0 Å². The Labute approximate surface area is 259 Å². The molecule has 2 aliphatic rings. The number of hydrogen-bond donors (Lipinski definition) is 2. The van der Waals surface area contributed by atoms with Crippen molar-refractivity contribution in [2.24, 2.45) is 0 Å². The first-order chi connectivity index (χ1) is 21.9. The van der Waals surface area contributed by atoms with Crippen molar-refractivity contribution in [2.45, 2.75) is 66.3 Å². The number of ether oxygens (including phenoxy) is 1. The largest absolute Gasteiger partial charge is 0.461 e. The van der Waals surface area contributed by atoms with Crippen molar-refractivity contribution in [3.63, 3.8) is 0 Å². The fourth-order valence-electron chi connectivity index (χ4n) is 5.84. The van der Waals surface area contributed by atoms with E-state index in [1.807, 2.05) is 54.8 Å². The molecule has 0 radical (unpaired) electrons. The average Bonchev–Trinajstić information content (AvgIpc) is 3.74. The van der Waals surface area contributed by atoms with Crippen molar-refractivity contribution in [3.05, 3.63) is 82.2 Å². The van der Waals surface area contributed by atoms with E-state index in [9.17, 15) is 19.8 Å². The molecule has 5 heterocycles. The van der Waals surface area contributed by atoms with Crippen LogP contribution in [0, 0.1) is 0 Å². The van der Waals surface area contributed by atoms with Crippen LogP contribution in [0.25, 0.3) is 28.2 Å². The summed E-state index contributed by atoms with van der Waals surface area (Å²) in [7, 11) is 0. The van der Waals surface area contributed by atoms with Crippen LogP contribution >= 0.6 is 0 Å². The quantitative estimate of drug-likeness (QED) is 0.268. The second kappa shape index (κ2) is 12.5. The van der Waals surface area contributed by atoms with Crippen LogP contribution in [0.1, 0.15) is 65.0 Å². The summed E-state index contributed by atoms with van der Waals surface area (Å²) >= 11 is 0. The van der Waals surface area contributed by atoms with Gasteiger partial charge in [-0.15, -0.1) is 10.2 Å². The van der Waals surface area contributed by atoms with Crippen LogP contribution in [-0.4, -0.2) is 68.1 Å². The summed E-state index contributed by atoms with van der Waals surface area (Å²) < 4.78 is 10.5. The zero-order chi connectivity index (χ0) is 31.7. The smallest absolute Gasteiger partial charge is 0.358 e. The molecule has 232 valence electrons. The highest BCUT2D eigenvalue weighted by Crippen LogP contribution is 2.35. The summed E-state index contributed by atoms with van der Waals surface area (Å²) in [6, 6.07) is 11.4. The maximum Gasteiger partial charge on any atom is 0.358 e. The van der Waals surface area contributed by atoms with E-state index in [1.165, 1.54) is 0 Å². The first-order valence-corrected chi connectivity index (χ1v) is 15.0. The Hall–Kier alpha value is -5.01. The number of aryl methyl sites for hydroxylation is 2. The predicted octanol–water partition coefficient (Wildman–Crippen LogP) is 2.85. The molecule has 2 aromatic carbocycles. The van der Waals surface area contributed by atoms with Crippen LogP contribution in [0.3, 0.4) is 0 Å². The number of fused-ring (bicyclic) bond motifs is 8. The normalized spacial score (nSPS) is 12.9. The molecule has 2 aliphatic heterocycles. The Balaban J connectivity index is 0.000000167. The predicted molar refractivity (Wildman–Crippen MR) is 162 cm³/mol. The molecule has 13 nitrogen and oxygen atoms in total. The van der Waals surface area contributed by atoms with Gasteiger partial charge in [0.15, 0.2) is 11.5 Å². The number of carbonyl (C=O) groups is 2. The van der Waals surface area contributed by atoms with Crippen molar-refractivity contribution in [1.82, 2.24) is 39.5 Å². The monoisotopic (exact) mass is 610 g/mol. The number of benzene rings is 2. The van der Waals surface area contributed by atoms with Crippen molar-refractivity contribution in [1.29, 1.82) is 0 Å². The van der Waals surface area contributed by atoms with Crippen molar-refractivity contribution < 1.29 is 24.5 Å². The van der Waals surface area contributed by atoms with Gasteiger partial charge >= 0.3 is 5.97 Å². The van der Waals surface area contributed by atoms with E-state index >= 15 is 0 Å². The zero-order valence-electron chi connectivity index (χ0n) is 25.4. The Kier molecular flexibility index (Phi) is 8.37. The van der Waals surface area contributed by atoms with Gasteiger partial charge in [0.05, 0.1) is 60.5 Å². The molecule has 0 unspecified atom stereocenters. The van der Waals surface area contributed by atoms with E-state index in [1.54, 1.807) is 22.6 Å². The maximum atomic E-state index is 12.3. The van der Waals surface area contributed by atoms with E-state index in [0.717, 1.165) is 69.1 Å². The van der Waals surface area contributed by atoms with Gasteiger partial charge in [-0.05, 0) is 54.7 Å². The molecular formula is C32H34N8O5. The molecule has 0 atom stereocenters. The molecule has 3 aromatic heterocycles. The number of carbonyl (C=O) groups excluding carboxylic acids is 2. The lowest BCUT2D eigenvalue weighted by Gasteiger charge is -2.11. The third-order valence-corrected chi connectivity index (χ3v) is 8.00. The standard InChI is InChI=1S/C18H19N5O3.C14H15N3O2/c1-3-13-17-12-7-11(9-24)5-6-14(12)22-10-19-16(18(25)26-4-2)15(22)8-23(17)21-20-13;1-2-13-14-12-5-9(8-18)3-4-10(12)6-11(19)7-17(14)16-15-13/h5-7,10,24H,3-4,8-9H2,1-2H3;3-5,18H,2,6-8H2,1H3. The van der Waals surface area contributed by atoms with E-state index in [2.05, 4.69) is 25.6 Å². The number of imidazole rings is 1. The number of aromatic nitrogens is 8. The fraction of sp³-hybridized carbons (Fsp3) is 0.344. The van der Waals surface area contributed by atoms with Crippen LogP contribution in [0.4, 0.5) is 0 Å². The summed E-state index contributed by atoms with van der Waals surface area (Å²) in [5, 5.41) is 35.6. The number of Topliss-reactive ketones (excluding diaryl/α,β-unsaturated/α-hetero) is 1. The van der Waals surface area contributed by atoms with E-state index < -0.39 is 5.97 Å². The van der Waals surface area contributed by atoms with Crippen LogP contribution < -0.4 is 0 Å². The minimum absolute atomic E-state index is 0.00967. The Morgan fingerprint density at radius 2 is 1.49 bits per heavy atom. The number of esters is 1. The second-order valence-corrected chi connectivity index (χ2v) is 10.8. The lowest BCUT2D eigenvalue weighted by Crippen LogP contribution is -2.12. The lowest BCUT2D eigenvalue weighted by atomic mass is 9.97. The van der Waals surface area contributed by atoms with Gasteiger partial charge in [-0.2, -0.15) is 0 Å². The van der Waals surface area contributed by atoms with Gasteiger partial charge < -0.3 is 14.9 Å². The molecule has 7 rings (SSSR count). The molecule has 0 fully saturated rings. The van der Waals surface area contributed by atoms with Crippen LogP contribution in [0.15, 0.2) is 42.7 Å². The molecule has 0 bridgehead atoms. The zero-order valence-corrected chi connectivity index (χ0v) is 25.4. The number of aliphatic hydroxyl groups is 2. The van der Waals surface area contributed by atoms with Crippen molar-refractivity contribution in [3.8, 4) is 28.2 Å². The molecule has 0 amide bonds. The van der Waals surface area contributed by atoms with Gasteiger partial charge in [0.1, 0.15) is 12.9 Å². The van der Waals surface area contributed by atoms with E-state index in [4.69, 9.17) is 4.74 Å². The summed E-state index contributed by atoms with van der Waals surface area (Å²) in [6.45, 7) is 6.67. The first-order valence-electron chi connectivity index (χ1n) is 15.0. The number of ketones is 1. The maximum absolute atomic E-state index is 12.3. The average molecular weight is 611 g/mol. The Morgan fingerprint density at radius 1 is 0.867 bits per heavy atom. The summed E-state index contributed by atoms with van der Waals surface area (Å²) in [5.74, 6) is -0.321. The first kappa shape index (κ1) is 30.0. The highest BCUT2D eigenvalue weighted by atomic mass is 16.5. The third-order valence-electron chi connectivity index (χ3n) is 8.00. The van der Waals surface area contributed by atoms with E-state index in [-0.39, 0.29) is 37.8 Å². The van der Waals surface area contributed by atoms with Gasteiger partial charge in [0.2, 0.25) is 0 Å². The number of nitrogens with zero attached hydrogens (tertiary/aromatic N) is 8. The van der Waals surface area contributed by atoms with Crippen LogP contribution in [0.2, 0.25) is 0 Å². The Morgan fingerprint density at radius 3 is 2.13 bits per heavy atom. The fourth-order valence-corrected chi connectivity index (χ4v) is 5.84. The van der Waals surface area contributed by atoms with Gasteiger partial charge in [-0.3, -0.25) is 9.36 Å². The molecular weight excluding hydrogens is 576 g/mol. The summed E-state index contributed by atoms with van der Waals surface area (Å²) in [4.78, 5) is 28.5. The molecule has 0 saturated carbocycles. The van der Waals surface area contributed by atoms with Crippen molar-refractivity contribution >= 4 is 11.8 Å². The molecule has 2 N–H and O–H groups in total. The van der Waals surface area contributed by atoms with Crippen molar-refractivity contribution in [2.75, 3.05) is 6.61 Å². The molecule has 0 spiro atoms.